The molecule has 1 fully saturated rings. The van der Waals surface area contributed by atoms with Crippen LogP contribution < -0.4 is 10.6 Å². The number of amides is 3. The molecular weight excluding hydrogens is 510 g/mol. The maximum Gasteiger partial charge on any atom is 0.259 e. The third-order valence-electron chi connectivity index (χ3n) is 7.37. The standard InChI is InChI=1S/C30H35N5O3S/c1-2-25(28(37)32-21-13-7-4-8-14-21)39-30-34-23-16-10-9-15-22(23)27-33-24(29(38)35(27)30)19-26(36)31-18-17-20-11-5-3-6-12-20/h3,5-6,9-12,15-16,21,24-25H,2,4,7-8,13-14,17-19H2,1H3,(H,31,36)(H,32,37)/t24-,25-/m0/s1. The summed E-state index contributed by atoms with van der Waals surface area (Å²) in [5, 5.41) is 6.19. The van der Waals surface area contributed by atoms with E-state index in [-0.39, 0.29) is 35.4 Å². The molecule has 0 spiro atoms. The van der Waals surface area contributed by atoms with Gasteiger partial charge in [0.25, 0.3) is 5.91 Å². The fourth-order valence-electron chi connectivity index (χ4n) is 5.24. The van der Waals surface area contributed by atoms with Crippen molar-refractivity contribution in [3.63, 3.8) is 0 Å². The smallest absolute Gasteiger partial charge is 0.259 e. The number of hydrogen-bond acceptors (Lipinski definition) is 6. The average molecular weight is 546 g/mol. The number of nitrogens with zero attached hydrogens (tertiary/aromatic N) is 3. The van der Waals surface area contributed by atoms with Gasteiger partial charge in [-0.1, -0.05) is 80.4 Å². The Labute approximate surface area is 233 Å². The second-order valence-electron chi connectivity index (χ2n) is 10.2. The van der Waals surface area contributed by atoms with Crippen LogP contribution in [-0.2, 0) is 20.8 Å². The molecule has 0 bridgehead atoms. The minimum Gasteiger partial charge on any atom is -0.356 e. The molecule has 2 aromatic rings. The number of thioether (sulfide) groups is 1. The predicted octanol–water partition coefficient (Wildman–Crippen LogP) is 4.35. The van der Waals surface area contributed by atoms with Crippen LogP contribution in [0.2, 0.25) is 0 Å². The summed E-state index contributed by atoms with van der Waals surface area (Å²) in [5.41, 5.74) is 2.60. The lowest BCUT2D eigenvalue weighted by Crippen LogP contribution is -2.45. The minimum atomic E-state index is -0.829. The Morgan fingerprint density at radius 1 is 1.05 bits per heavy atom. The highest BCUT2D eigenvalue weighted by molar-refractivity contribution is 8.15. The van der Waals surface area contributed by atoms with Gasteiger partial charge in [-0.3, -0.25) is 19.4 Å². The molecule has 0 unspecified atom stereocenters. The Balaban J connectivity index is 1.28. The Bertz CT molecular complexity index is 1270. The van der Waals surface area contributed by atoms with Gasteiger partial charge < -0.3 is 10.6 Å². The first-order valence-corrected chi connectivity index (χ1v) is 14.8. The van der Waals surface area contributed by atoms with Crippen molar-refractivity contribution in [2.24, 2.45) is 9.98 Å². The van der Waals surface area contributed by atoms with E-state index in [0.717, 1.165) is 36.8 Å². The van der Waals surface area contributed by atoms with E-state index in [1.165, 1.54) is 23.1 Å². The number of amidine groups is 2. The van der Waals surface area contributed by atoms with Crippen molar-refractivity contribution in [2.45, 2.75) is 75.6 Å². The van der Waals surface area contributed by atoms with Gasteiger partial charge in [0.2, 0.25) is 11.8 Å². The van der Waals surface area contributed by atoms with Gasteiger partial charge in [0.05, 0.1) is 17.4 Å². The summed E-state index contributed by atoms with van der Waals surface area (Å²) in [6, 6.07) is 16.9. The first kappa shape index (κ1) is 27.1. The maximum absolute atomic E-state index is 13.6. The summed E-state index contributed by atoms with van der Waals surface area (Å²) in [4.78, 5) is 50.5. The number of carbonyl (C=O) groups is 3. The molecule has 2 aromatic carbocycles. The summed E-state index contributed by atoms with van der Waals surface area (Å²) in [7, 11) is 0. The second-order valence-corrected chi connectivity index (χ2v) is 11.4. The van der Waals surface area contributed by atoms with Gasteiger partial charge in [-0.15, -0.1) is 0 Å². The Morgan fingerprint density at radius 2 is 1.79 bits per heavy atom. The monoisotopic (exact) mass is 545 g/mol. The molecule has 39 heavy (non-hydrogen) atoms. The van der Waals surface area contributed by atoms with Gasteiger partial charge in [-0.05, 0) is 43.4 Å². The van der Waals surface area contributed by atoms with E-state index in [1.807, 2.05) is 61.5 Å². The first-order chi connectivity index (χ1) is 19.0. The largest absolute Gasteiger partial charge is 0.356 e. The molecule has 0 saturated heterocycles. The van der Waals surface area contributed by atoms with Crippen molar-refractivity contribution >= 4 is 46.2 Å². The molecular formula is C30H35N5O3S. The highest BCUT2D eigenvalue weighted by Gasteiger charge is 2.43. The molecule has 3 aliphatic rings. The first-order valence-electron chi connectivity index (χ1n) is 13.9. The van der Waals surface area contributed by atoms with Crippen LogP contribution in [0.3, 0.4) is 0 Å². The van der Waals surface area contributed by atoms with Crippen LogP contribution in [0, 0.1) is 0 Å². The fraction of sp³-hybridized carbons (Fsp3) is 0.433. The summed E-state index contributed by atoms with van der Waals surface area (Å²) >= 11 is 1.30. The Kier molecular flexibility index (Phi) is 8.76. The molecule has 2 aliphatic heterocycles. The van der Waals surface area contributed by atoms with Gasteiger partial charge in [-0.25, -0.2) is 9.89 Å². The van der Waals surface area contributed by atoms with Crippen molar-refractivity contribution in [3.8, 4) is 0 Å². The second kappa shape index (κ2) is 12.6. The predicted molar refractivity (Wildman–Crippen MR) is 155 cm³/mol. The molecule has 2 N–H and O–H groups in total. The van der Waals surface area contributed by atoms with E-state index in [4.69, 9.17) is 9.98 Å². The van der Waals surface area contributed by atoms with Crippen LogP contribution in [0.25, 0.3) is 0 Å². The molecule has 2 heterocycles. The van der Waals surface area contributed by atoms with Crippen LogP contribution >= 0.6 is 11.8 Å². The molecule has 5 rings (SSSR count). The zero-order valence-corrected chi connectivity index (χ0v) is 23.1. The number of rotatable bonds is 9. The number of para-hydroxylation sites is 1. The van der Waals surface area contributed by atoms with Crippen LogP contribution in [0.4, 0.5) is 5.69 Å². The van der Waals surface area contributed by atoms with Gasteiger partial charge in [-0.2, -0.15) is 0 Å². The van der Waals surface area contributed by atoms with Gasteiger partial charge in [0.1, 0.15) is 11.9 Å². The van der Waals surface area contributed by atoms with E-state index >= 15 is 0 Å². The summed E-state index contributed by atoms with van der Waals surface area (Å²) in [6.45, 7) is 2.46. The molecule has 1 saturated carbocycles. The van der Waals surface area contributed by atoms with Crippen LogP contribution in [-0.4, -0.2) is 57.5 Å². The number of hydrogen-bond donors (Lipinski definition) is 2. The summed E-state index contributed by atoms with van der Waals surface area (Å²) in [5.74, 6) is -0.0223. The fourth-order valence-corrected chi connectivity index (χ4v) is 6.27. The lowest BCUT2D eigenvalue weighted by Gasteiger charge is -2.29. The van der Waals surface area contributed by atoms with Gasteiger partial charge in [0.15, 0.2) is 5.17 Å². The molecule has 0 radical (unpaired) electrons. The zero-order chi connectivity index (χ0) is 27.2. The lowest BCUT2D eigenvalue weighted by molar-refractivity contribution is -0.128. The van der Waals surface area contributed by atoms with Crippen molar-refractivity contribution in [1.29, 1.82) is 0 Å². The molecule has 0 aromatic heterocycles. The molecule has 8 nitrogen and oxygen atoms in total. The SMILES string of the molecule is CC[C@H](SC1=Nc2ccccc2C2=N[C@@H](CC(=O)NCCc3ccccc3)C(=O)N12)C(=O)NC1CCCCC1. The number of fused-ring (bicyclic) bond motifs is 3. The van der Waals surface area contributed by atoms with Crippen molar-refractivity contribution < 1.29 is 14.4 Å². The zero-order valence-electron chi connectivity index (χ0n) is 22.3. The number of carbonyl (C=O) groups excluding carboxylic acids is 3. The van der Waals surface area contributed by atoms with E-state index in [2.05, 4.69) is 10.6 Å². The Hall–Kier alpha value is -3.46. The van der Waals surface area contributed by atoms with E-state index in [9.17, 15) is 14.4 Å². The van der Waals surface area contributed by atoms with Crippen LogP contribution in [0.5, 0.6) is 0 Å². The normalized spacial score (nSPS) is 19.5. The van der Waals surface area contributed by atoms with Crippen molar-refractivity contribution in [2.75, 3.05) is 6.54 Å². The lowest BCUT2D eigenvalue weighted by atomic mass is 9.95. The van der Waals surface area contributed by atoms with Gasteiger partial charge >= 0.3 is 0 Å². The maximum atomic E-state index is 13.6. The Morgan fingerprint density at radius 3 is 2.56 bits per heavy atom. The van der Waals surface area contributed by atoms with E-state index in [1.54, 1.807) is 0 Å². The van der Waals surface area contributed by atoms with Crippen LogP contribution in [0.1, 0.15) is 63.0 Å². The number of benzene rings is 2. The minimum absolute atomic E-state index is 0.0181. The van der Waals surface area contributed by atoms with Crippen molar-refractivity contribution in [3.05, 3.63) is 65.7 Å². The quantitative estimate of drug-likeness (QED) is 0.489. The third-order valence-corrected chi connectivity index (χ3v) is 8.68. The molecule has 3 amide bonds. The summed E-state index contributed by atoms with van der Waals surface area (Å²) < 4.78 is 0. The summed E-state index contributed by atoms with van der Waals surface area (Å²) in [6.07, 6.45) is 6.81. The van der Waals surface area contributed by atoms with Crippen molar-refractivity contribution in [1.82, 2.24) is 15.5 Å². The van der Waals surface area contributed by atoms with E-state index < -0.39 is 6.04 Å². The third kappa shape index (κ3) is 6.41. The molecule has 204 valence electrons. The number of nitrogens with one attached hydrogen (secondary N) is 2. The highest BCUT2D eigenvalue weighted by atomic mass is 32.2. The average Bonchev–Trinajstić information content (AvgIpc) is 3.28. The highest BCUT2D eigenvalue weighted by Crippen LogP contribution is 2.35. The van der Waals surface area contributed by atoms with E-state index in [0.29, 0.717) is 36.1 Å². The topological polar surface area (TPSA) is 103 Å². The van der Waals surface area contributed by atoms with Crippen LogP contribution in [0.15, 0.2) is 64.6 Å². The van der Waals surface area contributed by atoms with Gasteiger partial charge in [0, 0.05) is 18.2 Å². The molecule has 2 atom stereocenters. The number of aliphatic imine (C=N–C) groups is 2. The molecule has 1 aliphatic carbocycles. The molecule has 9 heteroatoms.